The lowest BCUT2D eigenvalue weighted by atomic mass is 10.1. The van der Waals surface area contributed by atoms with Crippen molar-refractivity contribution in [3.63, 3.8) is 0 Å². The first-order valence-corrected chi connectivity index (χ1v) is 9.38. The number of nitrogens with one attached hydrogen (secondary N) is 1. The van der Waals surface area contributed by atoms with Gasteiger partial charge in [0.15, 0.2) is 0 Å². The SMILES string of the molecule is CC(=O)NN1C(n2nnc3ccccc32)CCCC1n1nnc2ccccc21. The molecule has 2 aromatic carbocycles. The van der Waals surface area contributed by atoms with Crippen molar-refractivity contribution < 1.29 is 4.79 Å². The van der Waals surface area contributed by atoms with Crippen molar-refractivity contribution in [1.29, 1.82) is 0 Å². The number of piperidine rings is 1. The molecule has 0 aliphatic carbocycles. The van der Waals surface area contributed by atoms with Crippen LogP contribution in [0.4, 0.5) is 0 Å². The van der Waals surface area contributed by atoms with Gasteiger partial charge < -0.3 is 0 Å². The van der Waals surface area contributed by atoms with E-state index >= 15 is 0 Å². The summed E-state index contributed by atoms with van der Waals surface area (Å²) in [5.41, 5.74) is 6.54. The fourth-order valence-corrected chi connectivity index (χ4v) is 3.99. The summed E-state index contributed by atoms with van der Waals surface area (Å²) in [5.74, 6) is -0.134. The van der Waals surface area contributed by atoms with Gasteiger partial charge >= 0.3 is 0 Å². The number of para-hydroxylation sites is 2. The first-order chi connectivity index (χ1) is 13.7. The first kappa shape index (κ1) is 16.8. The van der Waals surface area contributed by atoms with Crippen LogP contribution in [0.1, 0.15) is 38.5 Å². The highest BCUT2D eigenvalue weighted by molar-refractivity contribution is 5.75. The van der Waals surface area contributed by atoms with Gasteiger partial charge in [-0.1, -0.05) is 34.7 Å². The fourth-order valence-electron chi connectivity index (χ4n) is 3.99. The number of carbonyl (C=O) groups excluding carboxylic acids is 1. The molecule has 1 aliphatic heterocycles. The summed E-state index contributed by atoms with van der Waals surface area (Å²) in [5, 5.41) is 19.3. The third kappa shape index (κ3) is 2.71. The highest BCUT2D eigenvalue weighted by Gasteiger charge is 2.36. The van der Waals surface area contributed by atoms with Crippen LogP contribution < -0.4 is 5.43 Å². The molecule has 2 unspecified atom stereocenters. The summed E-state index contributed by atoms with van der Waals surface area (Å²) in [6.07, 6.45) is 2.32. The van der Waals surface area contributed by atoms with Crippen LogP contribution >= 0.6 is 0 Å². The van der Waals surface area contributed by atoms with Crippen molar-refractivity contribution >= 4 is 28.0 Å². The van der Waals surface area contributed by atoms with Crippen LogP contribution in [0, 0.1) is 0 Å². The second kappa shape index (κ2) is 6.68. The molecule has 5 rings (SSSR count). The topological polar surface area (TPSA) is 93.8 Å². The zero-order valence-corrected chi connectivity index (χ0v) is 15.4. The Kier molecular flexibility index (Phi) is 4.01. The van der Waals surface area contributed by atoms with E-state index in [0.29, 0.717) is 0 Å². The van der Waals surface area contributed by atoms with E-state index in [4.69, 9.17) is 0 Å². The number of nitrogens with zero attached hydrogens (tertiary/aromatic N) is 7. The number of aromatic nitrogens is 6. The molecule has 1 saturated heterocycles. The van der Waals surface area contributed by atoms with Crippen LogP contribution in [0.15, 0.2) is 48.5 Å². The van der Waals surface area contributed by atoms with Crippen LogP contribution in [0.25, 0.3) is 22.1 Å². The van der Waals surface area contributed by atoms with Gasteiger partial charge in [-0.15, -0.1) is 10.2 Å². The van der Waals surface area contributed by atoms with Crippen LogP contribution in [0.2, 0.25) is 0 Å². The van der Waals surface area contributed by atoms with Gasteiger partial charge in [-0.3, -0.25) is 10.2 Å². The standard InChI is InChI=1S/C19H20N8O/c1-13(28)22-27-18(25-16-9-4-2-7-14(16)20-23-25)11-6-12-19(27)26-17-10-5-3-8-15(17)21-24-26/h2-5,7-10,18-19H,6,11-12H2,1H3,(H,22,28). The van der Waals surface area contributed by atoms with Gasteiger partial charge in [0.25, 0.3) is 0 Å². The van der Waals surface area contributed by atoms with Crippen LogP contribution in [0.3, 0.4) is 0 Å². The number of hydrogen-bond donors (Lipinski definition) is 1. The molecule has 1 aliphatic rings. The molecule has 28 heavy (non-hydrogen) atoms. The molecule has 9 nitrogen and oxygen atoms in total. The lowest BCUT2D eigenvalue weighted by Crippen LogP contribution is -2.51. The maximum Gasteiger partial charge on any atom is 0.231 e. The van der Waals surface area contributed by atoms with Crippen molar-refractivity contribution in [3.05, 3.63) is 48.5 Å². The van der Waals surface area contributed by atoms with E-state index in [2.05, 4.69) is 26.0 Å². The fraction of sp³-hybridized carbons (Fsp3) is 0.316. The molecule has 0 radical (unpaired) electrons. The molecule has 2 aromatic heterocycles. The van der Waals surface area contributed by atoms with Gasteiger partial charge in [0, 0.05) is 6.92 Å². The van der Waals surface area contributed by atoms with E-state index in [9.17, 15) is 4.79 Å². The molecule has 1 amide bonds. The van der Waals surface area contributed by atoms with Gasteiger partial charge in [-0.2, -0.15) is 5.01 Å². The smallest absolute Gasteiger partial charge is 0.231 e. The molecule has 1 fully saturated rings. The Morgan fingerprint density at radius 1 is 0.893 bits per heavy atom. The van der Waals surface area contributed by atoms with Crippen LogP contribution in [-0.2, 0) is 4.79 Å². The number of rotatable bonds is 3. The number of hydrazine groups is 1. The Labute approximate surface area is 160 Å². The lowest BCUT2D eigenvalue weighted by molar-refractivity contribution is -0.133. The minimum Gasteiger partial charge on any atom is -0.285 e. The molecule has 0 spiro atoms. The van der Waals surface area contributed by atoms with Crippen LogP contribution in [-0.4, -0.2) is 40.9 Å². The maximum absolute atomic E-state index is 12.0. The Hall–Kier alpha value is -3.33. The van der Waals surface area contributed by atoms with E-state index in [1.54, 1.807) is 0 Å². The predicted molar refractivity (Wildman–Crippen MR) is 103 cm³/mol. The van der Waals surface area contributed by atoms with Crippen molar-refractivity contribution in [2.45, 2.75) is 38.5 Å². The van der Waals surface area contributed by atoms with Crippen molar-refractivity contribution in [3.8, 4) is 0 Å². The number of benzene rings is 2. The molecule has 3 heterocycles. The van der Waals surface area contributed by atoms with Gasteiger partial charge in [0.1, 0.15) is 23.4 Å². The average Bonchev–Trinajstić information content (AvgIpc) is 3.32. The van der Waals surface area contributed by atoms with Gasteiger partial charge in [-0.25, -0.2) is 9.36 Å². The maximum atomic E-state index is 12.0. The summed E-state index contributed by atoms with van der Waals surface area (Å²) in [4.78, 5) is 12.0. The average molecular weight is 376 g/mol. The molecular weight excluding hydrogens is 356 g/mol. The van der Waals surface area contributed by atoms with Gasteiger partial charge in [0.05, 0.1) is 11.0 Å². The largest absolute Gasteiger partial charge is 0.285 e. The third-order valence-corrected chi connectivity index (χ3v) is 5.17. The van der Waals surface area contributed by atoms with E-state index in [-0.39, 0.29) is 18.2 Å². The molecule has 0 bridgehead atoms. The second-order valence-corrected chi connectivity index (χ2v) is 7.01. The number of fused-ring (bicyclic) bond motifs is 2. The minimum absolute atomic E-state index is 0.134. The summed E-state index contributed by atoms with van der Waals surface area (Å²) >= 11 is 0. The Balaban J connectivity index is 1.60. The second-order valence-electron chi connectivity index (χ2n) is 7.01. The zero-order valence-electron chi connectivity index (χ0n) is 15.4. The normalized spacial score (nSPS) is 20.6. The highest BCUT2D eigenvalue weighted by Crippen LogP contribution is 2.36. The third-order valence-electron chi connectivity index (χ3n) is 5.17. The van der Waals surface area contributed by atoms with Gasteiger partial charge in [-0.05, 0) is 43.5 Å². The molecule has 142 valence electrons. The number of carbonyl (C=O) groups is 1. The Morgan fingerprint density at radius 3 is 1.89 bits per heavy atom. The minimum atomic E-state index is -0.169. The number of hydrogen-bond acceptors (Lipinski definition) is 6. The summed E-state index contributed by atoms with van der Waals surface area (Å²) < 4.78 is 3.77. The Bertz CT molecular complexity index is 1070. The highest BCUT2D eigenvalue weighted by atomic mass is 16.2. The van der Waals surface area contributed by atoms with E-state index in [0.717, 1.165) is 41.3 Å². The monoisotopic (exact) mass is 376 g/mol. The lowest BCUT2D eigenvalue weighted by Gasteiger charge is -2.41. The summed E-state index contributed by atoms with van der Waals surface area (Å²) in [6, 6.07) is 15.7. The predicted octanol–water partition coefficient (Wildman–Crippen LogP) is 2.41. The van der Waals surface area contributed by atoms with Crippen LogP contribution in [0.5, 0.6) is 0 Å². The molecule has 4 aromatic rings. The van der Waals surface area contributed by atoms with Crippen molar-refractivity contribution in [1.82, 2.24) is 40.4 Å². The summed E-state index contributed by atoms with van der Waals surface area (Å²) in [7, 11) is 0. The van der Waals surface area contributed by atoms with E-state index < -0.39 is 0 Å². The Morgan fingerprint density at radius 2 is 1.39 bits per heavy atom. The summed E-state index contributed by atoms with van der Waals surface area (Å²) in [6.45, 7) is 1.52. The zero-order chi connectivity index (χ0) is 19.1. The van der Waals surface area contributed by atoms with Gasteiger partial charge in [0.2, 0.25) is 5.91 Å². The first-order valence-electron chi connectivity index (χ1n) is 9.38. The van der Waals surface area contributed by atoms with Crippen molar-refractivity contribution in [2.24, 2.45) is 0 Å². The quantitative estimate of drug-likeness (QED) is 0.590. The molecular formula is C19H20N8O. The van der Waals surface area contributed by atoms with E-state index in [1.807, 2.05) is 62.9 Å². The molecule has 1 N–H and O–H groups in total. The molecule has 9 heteroatoms. The van der Waals surface area contributed by atoms with E-state index in [1.165, 1.54) is 6.92 Å². The van der Waals surface area contributed by atoms with Crippen molar-refractivity contribution in [2.75, 3.05) is 0 Å². The number of amides is 1. The molecule has 0 saturated carbocycles. The molecule has 2 atom stereocenters.